The van der Waals surface area contributed by atoms with E-state index in [0.29, 0.717) is 17.9 Å². The maximum atomic E-state index is 13.3. The zero-order chi connectivity index (χ0) is 23.0. The number of aryl methyl sites for hydroxylation is 1. The summed E-state index contributed by atoms with van der Waals surface area (Å²) in [6.07, 6.45) is 1.64. The van der Waals surface area contributed by atoms with E-state index in [4.69, 9.17) is 4.42 Å². The molecule has 0 spiro atoms. The molecule has 33 heavy (non-hydrogen) atoms. The minimum atomic E-state index is -3.71. The highest BCUT2D eigenvalue weighted by molar-refractivity contribution is 7.92. The maximum Gasteiger partial charge on any atom is 0.264 e. The Morgan fingerprint density at radius 1 is 1.00 bits per heavy atom. The topological polar surface area (TPSA) is 79.6 Å². The predicted molar refractivity (Wildman–Crippen MR) is 128 cm³/mol. The Morgan fingerprint density at radius 3 is 2.52 bits per heavy atom. The van der Waals surface area contributed by atoms with E-state index in [1.165, 1.54) is 16.4 Å². The van der Waals surface area contributed by atoms with Crippen LogP contribution in [0.2, 0.25) is 0 Å². The fourth-order valence-corrected chi connectivity index (χ4v) is 5.76. The van der Waals surface area contributed by atoms with Gasteiger partial charge in [-0.05, 0) is 67.8 Å². The van der Waals surface area contributed by atoms with Crippen molar-refractivity contribution in [3.63, 3.8) is 0 Å². The van der Waals surface area contributed by atoms with Crippen LogP contribution in [-0.2, 0) is 16.4 Å². The number of rotatable bonds is 5. The van der Waals surface area contributed by atoms with Gasteiger partial charge in [0.2, 0.25) is 0 Å². The Balaban J connectivity index is 1.33. The molecule has 4 aromatic rings. The normalized spacial score (nSPS) is 14.6. The van der Waals surface area contributed by atoms with Crippen LogP contribution in [-0.4, -0.2) is 20.9 Å². The van der Waals surface area contributed by atoms with Gasteiger partial charge >= 0.3 is 0 Å². The summed E-state index contributed by atoms with van der Waals surface area (Å²) in [6, 6.07) is 22.9. The van der Waals surface area contributed by atoms with Gasteiger partial charge in [0.25, 0.3) is 15.9 Å². The van der Waals surface area contributed by atoms with E-state index in [1.54, 1.807) is 12.1 Å². The van der Waals surface area contributed by atoms with Crippen LogP contribution in [0.5, 0.6) is 0 Å². The Morgan fingerprint density at radius 2 is 1.73 bits per heavy atom. The number of fused-ring (bicyclic) bond motifs is 2. The Bertz CT molecular complexity index is 1390. The van der Waals surface area contributed by atoms with Crippen LogP contribution in [0.4, 0.5) is 5.69 Å². The van der Waals surface area contributed by atoms with Crippen LogP contribution >= 0.6 is 0 Å². The Kier molecular flexibility index (Phi) is 5.42. The summed E-state index contributed by atoms with van der Waals surface area (Å²) in [5.74, 6) is 0.364. The molecule has 1 atom stereocenters. The molecule has 168 valence electrons. The van der Waals surface area contributed by atoms with Crippen LogP contribution in [0.1, 0.15) is 41.1 Å². The standard InChI is InChI=1S/C26H24N2O4S/c1-18(25-17-21-8-3-5-11-24(21)32-25)27-26(29)20-12-14-22(15-13-20)33(30,31)28-16-6-9-19-7-2-4-10-23(19)28/h2-5,7-8,10-15,17-18H,6,9,16H2,1H3,(H,27,29). The molecule has 1 amide bonds. The van der Waals surface area contributed by atoms with E-state index in [2.05, 4.69) is 5.32 Å². The third-order valence-electron chi connectivity index (χ3n) is 5.99. The third-order valence-corrected chi connectivity index (χ3v) is 7.82. The molecule has 0 saturated heterocycles. The van der Waals surface area contributed by atoms with E-state index in [1.807, 2.05) is 61.5 Å². The lowest BCUT2D eigenvalue weighted by atomic mass is 10.0. The monoisotopic (exact) mass is 460 g/mol. The predicted octanol–water partition coefficient (Wildman–Crippen LogP) is 5.07. The molecule has 6 nitrogen and oxygen atoms in total. The van der Waals surface area contributed by atoms with Gasteiger partial charge in [-0.25, -0.2) is 8.42 Å². The Labute approximate surface area is 192 Å². The number of hydrogen-bond donors (Lipinski definition) is 1. The van der Waals surface area contributed by atoms with Crippen molar-refractivity contribution in [3.8, 4) is 0 Å². The molecule has 5 rings (SSSR count). The fraction of sp³-hybridized carbons (Fsp3) is 0.192. The van der Waals surface area contributed by atoms with E-state index in [-0.39, 0.29) is 16.8 Å². The number of sulfonamides is 1. The average molecular weight is 461 g/mol. The first-order valence-electron chi connectivity index (χ1n) is 10.9. The summed E-state index contributed by atoms with van der Waals surface area (Å²) in [5.41, 5.74) is 2.91. The molecule has 1 N–H and O–H groups in total. The first-order chi connectivity index (χ1) is 15.9. The van der Waals surface area contributed by atoms with Gasteiger partial charge in [0.05, 0.1) is 16.6 Å². The summed E-state index contributed by atoms with van der Waals surface area (Å²) in [5, 5.41) is 3.89. The fourth-order valence-electron chi connectivity index (χ4n) is 4.22. The van der Waals surface area contributed by atoms with Crippen molar-refractivity contribution in [1.29, 1.82) is 0 Å². The smallest absolute Gasteiger partial charge is 0.264 e. The molecule has 0 aliphatic carbocycles. The average Bonchev–Trinajstić information content (AvgIpc) is 3.28. The molecule has 1 aromatic heterocycles. The number of para-hydroxylation sites is 2. The number of carbonyl (C=O) groups is 1. The minimum absolute atomic E-state index is 0.168. The Hall–Kier alpha value is -3.58. The molecule has 1 aliphatic rings. The lowest BCUT2D eigenvalue weighted by Gasteiger charge is -2.30. The highest BCUT2D eigenvalue weighted by Crippen LogP contribution is 2.32. The van der Waals surface area contributed by atoms with Crippen molar-refractivity contribution in [2.45, 2.75) is 30.7 Å². The van der Waals surface area contributed by atoms with Crippen molar-refractivity contribution < 1.29 is 17.6 Å². The summed E-state index contributed by atoms with van der Waals surface area (Å²) < 4.78 is 33.9. The van der Waals surface area contributed by atoms with E-state index in [9.17, 15) is 13.2 Å². The zero-order valence-corrected chi connectivity index (χ0v) is 19.0. The van der Waals surface area contributed by atoms with Crippen LogP contribution in [0.25, 0.3) is 11.0 Å². The van der Waals surface area contributed by atoms with Gasteiger partial charge in [0.15, 0.2) is 0 Å². The number of amides is 1. The van der Waals surface area contributed by atoms with Gasteiger partial charge in [-0.2, -0.15) is 0 Å². The number of carbonyl (C=O) groups excluding carboxylic acids is 1. The van der Waals surface area contributed by atoms with Gasteiger partial charge in [0, 0.05) is 17.5 Å². The van der Waals surface area contributed by atoms with Crippen LogP contribution < -0.4 is 9.62 Å². The van der Waals surface area contributed by atoms with Gasteiger partial charge in [-0.1, -0.05) is 36.4 Å². The molecule has 1 aliphatic heterocycles. The third kappa shape index (κ3) is 4.00. The molecule has 3 aromatic carbocycles. The number of furan rings is 1. The van der Waals surface area contributed by atoms with Gasteiger partial charge in [0.1, 0.15) is 11.3 Å². The van der Waals surface area contributed by atoms with E-state index < -0.39 is 10.0 Å². The van der Waals surface area contributed by atoms with Crippen LogP contribution in [0.3, 0.4) is 0 Å². The second kappa shape index (κ2) is 8.41. The van der Waals surface area contributed by atoms with Crippen molar-refractivity contribution in [2.75, 3.05) is 10.8 Å². The first kappa shape index (κ1) is 21.3. The second-order valence-electron chi connectivity index (χ2n) is 8.22. The number of benzene rings is 3. The second-order valence-corrected chi connectivity index (χ2v) is 10.1. The first-order valence-corrected chi connectivity index (χ1v) is 12.4. The van der Waals surface area contributed by atoms with Crippen molar-refractivity contribution in [1.82, 2.24) is 5.32 Å². The SMILES string of the molecule is CC(NC(=O)c1ccc(S(=O)(=O)N2CCCc3ccccc32)cc1)c1cc2ccccc2o1. The van der Waals surface area contributed by atoms with Crippen molar-refractivity contribution >= 4 is 32.6 Å². The van der Waals surface area contributed by atoms with Gasteiger partial charge < -0.3 is 9.73 Å². The summed E-state index contributed by atoms with van der Waals surface area (Å²) >= 11 is 0. The highest BCUT2D eigenvalue weighted by atomic mass is 32.2. The summed E-state index contributed by atoms with van der Waals surface area (Å²) in [4.78, 5) is 12.9. The van der Waals surface area contributed by atoms with Crippen molar-refractivity contribution in [2.24, 2.45) is 0 Å². The van der Waals surface area contributed by atoms with E-state index >= 15 is 0 Å². The highest BCUT2D eigenvalue weighted by Gasteiger charge is 2.29. The lowest BCUT2D eigenvalue weighted by Crippen LogP contribution is -2.35. The quantitative estimate of drug-likeness (QED) is 0.451. The number of nitrogens with one attached hydrogen (secondary N) is 1. The lowest BCUT2D eigenvalue weighted by molar-refractivity contribution is 0.0935. The number of hydrogen-bond acceptors (Lipinski definition) is 4. The molecule has 7 heteroatoms. The molecule has 0 saturated carbocycles. The van der Waals surface area contributed by atoms with Gasteiger partial charge in [-0.15, -0.1) is 0 Å². The van der Waals surface area contributed by atoms with Gasteiger partial charge in [-0.3, -0.25) is 9.10 Å². The molecule has 2 heterocycles. The maximum absolute atomic E-state index is 13.3. The summed E-state index contributed by atoms with van der Waals surface area (Å²) in [6.45, 7) is 2.29. The number of anilines is 1. The van der Waals surface area contributed by atoms with Crippen LogP contribution in [0, 0.1) is 0 Å². The molecular weight excluding hydrogens is 436 g/mol. The minimum Gasteiger partial charge on any atom is -0.459 e. The molecule has 0 radical (unpaired) electrons. The number of nitrogens with zero attached hydrogens (tertiary/aromatic N) is 1. The summed E-state index contributed by atoms with van der Waals surface area (Å²) in [7, 11) is -3.71. The van der Waals surface area contributed by atoms with Crippen molar-refractivity contribution in [3.05, 3.63) is 95.7 Å². The largest absolute Gasteiger partial charge is 0.459 e. The molecular formula is C26H24N2O4S. The van der Waals surface area contributed by atoms with Crippen LogP contribution in [0.15, 0.2) is 88.2 Å². The zero-order valence-electron chi connectivity index (χ0n) is 18.2. The molecule has 0 bridgehead atoms. The van der Waals surface area contributed by atoms with E-state index in [0.717, 1.165) is 35.1 Å². The molecule has 1 unspecified atom stereocenters. The molecule has 0 fully saturated rings.